The van der Waals surface area contributed by atoms with E-state index in [0.717, 1.165) is 13.0 Å². The first-order valence-electron chi connectivity index (χ1n) is 6.77. The van der Waals surface area contributed by atoms with Gasteiger partial charge in [-0.15, -0.1) is 0 Å². The summed E-state index contributed by atoms with van der Waals surface area (Å²) in [4.78, 5) is 12.9. The minimum Gasteiger partial charge on any atom is -0.487 e. The summed E-state index contributed by atoms with van der Waals surface area (Å²) in [6.45, 7) is 5.21. The topological polar surface area (TPSA) is 67.6 Å². The van der Waals surface area contributed by atoms with Crippen LogP contribution in [0.4, 0.5) is 11.4 Å². The molecule has 0 fully saturated rings. The number of rotatable bonds is 8. The van der Waals surface area contributed by atoms with E-state index in [2.05, 4.69) is 5.32 Å². The van der Waals surface area contributed by atoms with E-state index in [4.69, 9.17) is 4.74 Å². The molecule has 0 saturated carbocycles. The van der Waals surface area contributed by atoms with Gasteiger partial charge in [-0.05, 0) is 39.6 Å². The molecule has 112 valence electrons. The number of nitro benzene ring substituents is 1. The van der Waals surface area contributed by atoms with Gasteiger partial charge in [-0.2, -0.15) is 0 Å². The summed E-state index contributed by atoms with van der Waals surface area (Å²) < 4.78 is 5.46. The van der Waals surface area contributed by atoms with E-state index in [1.165, 1.54) is 0 Å². The van der Waals surface area contributed by atoms with Gasteiger partial charge >= 0.3 is 5.69 Å². The number of para-hydroxylation sites is 1. The SMILES string of the molecule is CCCOc1cccc(NC(C)CN(C)C)c1[N+](=O)[O-]. The van der Waals surface area contributed by atoms with Gasteiger partial charge in [0, 0.05) is 12.6 Å². The van der Waals surface area contributed by atoms with Crippen molar-refractivity contribution in [3.63, 3.8) is 0 Å². The van der Waals surface area contributed by atoms with Crippen molar-refractivity contribution in [3.05, 3.63) is 28.3 Å². The van der Waals surface area contributed by atoms with Gasteiger partial charge in [0.2, 0.25) is 0 Å². The van der Waals surface area contributed by atoms with Crippen LogP contribution >= 0.6 is 0 Å². The van der Waals surface area contributed by atoms with E-state index in [1.807, 2.05) is 32.8 Å². The number of anilines is 1. The highest BCUT2D eigenvalue weighted by Gasteiger charge is 2.22. The Hall–Kier alpha value is -1.82. The monoisotopic (exact) mass is 281 g/mol. The largest absolute Gasteiger partial charge is 0.487 e. The average Bonchev–Trinajstić information content (AvgIpc) is 2.34. The Balaban J connectivity index is 2.97. The van der Waals surface area contributed by atoms with Crippen molar-refractivity contribution in [2.75, 3.05) is 32.6 Å². The molecule has 0 bridgehead atoms. The Labute approximate surface area is 119 Å². The van der Waals surface area contributed by atoms with Crippen LogP contribution < -0.4 is 10.1 Å². The van der Waals surface area contributed by atoms with E-state index in [-0.39, 0.29) is 11.7 Å². The molecule has 6 heteroatoms. The minimum absolute atomic E-state index is 0.00607. The number of hydrogen-bond acceptors (Lipinski definition) is 5. The second-order valence-corrected chi connectivity index (χ2v) is 5.07. The third-order valence-electron chi connectivity index (χ3n) is 2.68. The number of likely N-dealkylation sites (N-methyl/N-ethyl adjacent to an activating group) is 1. The molecule has 0 saturated heterocycles. The molecule has 6 nitrogen and oxygen atoms in total. The van der Waals surface area contributed by atoms with Gasteiger partial charge in [-0.25, -0.2) is 0 Å². The molecule has 0 amide bonds. The molecule has 0 radical (unpaired) electrons. The fourth-order valence-electron chi connectivity index (χ4n) is 2.01. The lowest BCUT2D eigenvalue weighted by Gasteiger charge is -2.19. The van der Waals surface area contributed by atoms with Crippen molar-refractivity contribution < 1.29 is 9.66 Å². The predicted molar refractivity (Wildman–Crippen MR) is 80.5 cm³/mol. The van der Waals surface area contributed by atoms with Crippen LogP contribution in [0.25, 0.3) is 0 Å². The highest BCUT2D eigenvalue weighted by Crippen LogP contribution is 2.35. The summed E-state index contributed by atoms with van der Waals surface area (Å²) >= 11 is 0. The first-order chi connectivity index (χ1) is 9.45. The smallest absolute Gasteiger partial charge is 0.333 e. The summed E-state index contributed by atoms with van der Waals surface area (Å²) in [5.74, 6) is 0.318. The third kappa shape index (κ3) is 4.70. The van der Waals surface area contributed by atoms with Crippen LogP contribution in [-0.4, -0.2) is 43.1 Å². The van der Waals surface area contributed by atoms with Crippen LogP contribution in [0, 0.1) is 10.1 Å². The van der Waals surface area contributed by atoms with Crippen molar-refractivity contribution in [3.8, 4) is 5.75 Å². The van der Waals surface area contributed by atoms with Crippen LogP contribution in [0.1, 0.15) is 20.3 Å². The lowest BCUT2D eigenvalue weighted by atomic mass is 10.2. The summed E-state index contributed by atoms with van der Waals surface area (Å²) in [6, 6.07) is 5.21. The van der Waals surface area contributed by atoms with E-state index in [9.17, 15) is 10.1 Å². The van der Waals surface area contributed by atoms with Gasteiger partial charge in [-0.3, -0.25) is 10.1 Å². The van der Waals surface area contributed by atoms with E-state index >= 15 is 0 Å². The van der Waals surface area contributed by atoms with Crippen LogP contribution in [0.5, 0.6) is 5.75 Å². The molecule has 0 aliphatic carbocycles. The fraction of sp³-hybridized carbons (Fsp3) is 0.571. The summed E-state index contributed by atoms with van der Waals surface area (Å²) in [5.41, 5.74) is 0.504. The first-order valence-corrected chi connectivity index (χ1v) is 6.77. The molecule has 0 aliphatic rings. The maximum atomic E-state index is 11.3. The molecular formula is C14H23N3O3. The highest BCUT2D eigenvalue weighted by molar-refractivity contribution is 5.68. The normalized spacial score (nSPS) is 12.2. The van der Waals surface area contributed by atoms with Crippen molar-refractivity contribution in [1.29, 1.82) is 0 Å². The molecule has 20 heavy (non-hydrogen) atoms. The number of nitro groups is 1. The van der Waals surface area contributed by atoms with Crippen molar-refractivity contribution in [2.24, 2.45) is 0 Å². The van der Waals surface area contributed by atoms with Gasteiger partial charge in [0.15, 0.2) is 5.75 Å². The van der Waals surface area contributed by atoms with Crippen molar-refractivity contribution in [1.82, 2.24) is 4.90 Å². The number of nitrogens with one attached hydrogen (secondary N) is 1. The molecule has 1 rings (SSSR count). The first kappa shape index (κ1) is 16.2. The zero-order chi connectivity index (χ0) is 15.1. The van der Waals surface area contributed by atoms with Gasteiger partial charge in [-0.1, -0.05) is 13.0 Å². The van der Waals surface area contributed by atoms with Gasteiger partial charge in [0.05, 0.1) is 11.5 Å². The van der Waals surface area contributed by atoms with Crippen LogP contribution in [0.15, 0.2) is 18.2 Å². The Morgan fingerprint density at radius 3 is 2.70 bits per heavy atom. The second-order valence-electron chi connectivity index (χ2n) is 5.07. The number of hydrogen-bond donors (Lipinski definition) is 1. The molecule has 1 atom stereocenters. The van der Waals surface area contributed by atoms with Crippen molar-refractivity contribution in [2.45, 2.75) is 26.3 Å². The zero-order valence-corrected chi connectivity index (χ0v) is 12.5. The molecule has 0 aromatic heterocycles. The van der Waals surface area contributed by atoms with Crippen LogP contribution in [-0.2, 0) is 0 Å². The highest BCUT2D eigenvalue weighted by atomic mass is 16.6. The standard InChI is InChI=1S/C14H23N3O3/c1-5-9-20-13-8-6-7-12(14(13)17(18)19)15-11(2)10-16(3)4/h6-8,11,15H,5,9-10H2,1-4H3. The van der Waals surface area contributed by atoms with E-state index in [1.54, 1.807) is 18.2 Å². The molecule has 1 aromatic rings. The minimum atomic E-state index is -0.393. The quantitative estimate of drug-likeness (QED) is 0.586. The Morgan fingerprint density at radius 1 is 1.45 bits per heavy atom. The molecule has 0 spiro atoms. The van der Waals surface area contributed by atoms with Crippen molar-refractivity contribution >= 4 is 11.4 Å². The number of benzene rings is 1. The lowest BCUT2D eigenvalue weighted by molar-refractivity contribution is -0.385. The third-order valence-corrected chi connectivity index (χ3v) is 2.68. The summed E-state index contributed by atoms with van der Waals surface area (Å²) in [7, 11) is 3.93. The molecule has 1 unspecified atom stereocenters. The Bertz CT molecular complexity index is 449. The molecule has 0 aliphatic heterocycles. The molecular weight excluding hydrogens is 258 g/mol. The lowest BCUT2D eigenvalue weighted by Crippen LogP contribution is -2.29. The zero-order valence-electron chi connectivity index (χ0n) is 12.5. The Kier molecular flexibility index (Phi) is 6.24. The molecule has 0 heterocycles. The van der Waals surface area contributed by atoms with E-state index in [0.29, 0.717) is 18.0 Å². The Morgan fingerprint density at radius 2 is 2.15 bits per heavy atom. The van der Waals surface area contributed by atoms with Gasteiger partial charge in [0.1, 0.15) is 5.69 Å². The van der Waals surface area contributed by atoms with E-state index < -0.39 is 4.92 Å². The molecule has 1 aromatic carbocycles. The second kappa shape index (κ2) is 7.69. The average molecular weight is 281 g/mol. The molecule has 1 N–H and O–H groups in total. The summed E-state index contributed by atoms with van der Waals surface area (Å²) in [5, 5.41) is 14.5. The summed E-state index contributed by atoms with van der Waals surface area (Å²) in [6.07, 6.45) is 0.811. The van der Waals surface area contributed by atoms with Crippen LogP contribution in [0.3, 0.4) is 0 Å². The maximum Gasteiger partial charge on any atom is 0.333 e. The van der Waals surface area contributed by atoms with Gasteiger partial charge in [0.25, 0.3) is 0 Å². The number of ether oxygens (including phenoxy) is 1. The van der Waals surface area contributed by atoms with Gasteiger partial charge < -0.3 is 15.0 Å². The fourth-order valence-corrected chi connectivity index (χ4v) is 2.01. The maximum absolute atomic E-state index is 11.3. The predicted octanol–water partition coefficient (Wildman–Crippen LogP) is 2.75. The van der Waals surface area contributed by atoms with Crippen LogP contribution in [0.2, 0.25) is 0 Å². The number of nitrogens with zero attached hydrogens (tertiary/aromatic N) is 2.